The highest BCUT2D eigenvalue weighted by molar-refractivity contribution is 5.81. The first kappa shape index (κ1) is 22.7. The van der Waals surface area contributed by atoms with Gasteiger partial charge in [0.2, 0.25) is 0 Å². The van der Waals surface area contributed by atoms with Crippen LogP contribution >= 0.6 is 0 Å². The molecule has 1 amide bonds. The number of fused-ring (bicyclic) bond motifs is 2. The Bertz CT molecular complexity index is 1110. The van der Waals surface area contributed by atoms with E-state index in [2.05, 4.69) is 29.9 Å². The zero-order valence-electron chi connectivity index (χ0n) is 19.9. The molecule has 1 atom stereocenters. The van der Waals surface area contributed by atoms with Crippen molar-refractivity contribution in [2.45, 2.75) is 33.0 Å². The molecule has 0 spiro atoms. The molecule has 1 aromatic carbocycles. The molecule has 4 heterocycles. The Hall–Kier alpha value is -3.10. The average Bonchev–Trinajstić information content (AvgIpc) is 3.25. The highest BCUT2D eigenvalue weighted by Crippen LogP contribution is 2.31. The van der Waals surface area contributed by atoms with Crippen LogP contribution in [0.5, 0.6) is 11.5 Å². The lowest BCUT2D eigenvalue weighted by molar-refractivity contribution is -0.151. The summed E-state index contributed by atoms with van der Waals surface area (Å²) >= 11 is 0. The van der Waals surface area contributed by atoms with Crippen molar-refractivity contribution in [3.8, 4) is 11.5 Å². The molecule has 2 aliphatic heterocycles. The Morgan fingerprint density at radius 3 is 2.79 bits per heavy atom. The van der Waals surface area contributed by atoms with E-state index in [9.17, 15) is 4.79 Å². The number of carbonyl (C=O) groups excluding carboxylic acids is 1. The summed E-state index contributed by atoms with van der Waals surface area (Å²) in [6, 6.07) is 14.0. The SMILES string of the molecule is CC(C)CN(Cc1ccc2c(c1)OCCO2)C(=O)C1CN(Cc2cc3ccccn3n2)CCO1. The molecule has 3 aromatic rings. The molecule has 2 aromatic heterocycles. The van der Waals surface area contributed by atoms with E-state index < -0.39 is 6.10 Å². The van der Waals surface area contributed by atoms with Crippen molar-refractivity contribution >= 4 is 11.4 Å². The second-order valence-electron chi connectivity index (χ2n) is 9.39. The van der Waals surface area contributed by atoms with Crippen molar-refractivity contribution in [1.82, 2.24) is 19.4 Å². The van der Waals surface area contributed by atoms with Gasteiger partial charge in [0.05, 0.1) is 17.8 Å². The number of benzene rings is 1. The summed E-state index contributed by atoms with van der Waals surface area (Å²) in [5.74, 6) is 1.88. The van der Waals surface area contributed by atoms with Gasteiger partial charge < -0.3 is 19.1 Å². The average molecular weight is 465 g/mol. The Morgan fingerprint density at radius 2 is 1.97 bits per heavy atom. The summed E-state index contributed by atoms with van der Waals surface area (Å²) in [5, 5.41) is 4.66. The van der Waals surface area contributed by atoms with Crippen LogP contribution < -0.4 is 9.47 Å². The van der Waals surface area contributed by atoms with E-state index in [-0.39, 0.29) is 5.91 Å². The van der Waals surface area contributed by atoms with Crippen molar-refractivity contribution in [2.24, 2.45) is 5.92 Å². The van der Waals surface area contributed by atoms with E-state index in [4.69, 9.17) is 14.2 Å². The van der Waals surface area contributed by atoms with E-state index in [1.165, 1.54) is 0 Å². The third-order valence-corrected chi connectivity index (χ3v) is 6.11. The maximum absolute atomic E-state index is 13.6. The molecule has 1 unspecified atom stereocenters. The molecule has 0 radical (unpaired) electrons. The fraction of sp³-hybridized carbons (Fsp3) is 0.462. The summed E-state index contributed by atoms with van der Waals surface area (Å²) in [6.45, 7) is 9.11. The molecule has 8 nitrogen and oxygen atoms in total. The quantitative estimate of drug-likeness (QED) is 0.536. The van der Waals surface area contributed by atoms with Crippen molar-refractivity contribution in [3.63, 3.8) is 0 Å². The van der Waals surface area contributed by atoms with Gasteiger partial charge in [0.25, 0.3) is 5.91 Å². The molecule has 0 aliphatic carbocycles. The van der Waals surface area contributed by atoms with Crippen molar-refractivity contribution in [3.05, 3.63) is 59.9 Å². The Kier molecular flexibility index (Phi) is 6.69. The van der Waals surface area contributed by atoms with Crippen LogP contribution in [0.4, 0.5) is 0 Å². The molecule has 8 heteroatoms. The molecule has 34 heavy (non-hydrogen) atoms. The first-order valence-corrected chi connectivity index (χ1v) is 12.0. The summed E-state index contributed by atoms with van der Waals surface area (Å²) < 4.78 is 19.2. The van der Waals surface area contributed by atoms with Gasteiger partial charge in [0, 0.05) is 38.9 Å². The topological polar surface area (TPSA) is 68.5 Å². The van der Waals surface area contributed by atoms with Gasteiger partial charge in [-0.1, -0.05) is 26.0 Å². The number of carbonyl (C=O) groups is 1. The zero-order chi connectivity index (χ0) is 23.5. The molecular weight excluding hydrogens is 432 g/mol. The second-order valence-corrected chi connectivity index (χ2v) is 9.39. The number of amides is 1. The monoisotopic (exact) mass is 464 g/mol. The number of hydrogen-bond donors (Lipinski definition) is 0. The number of aromatic nitrogens is 2. The standard InChI is InChI=1S/C26H32N4O4/c1-19(2)15-29(16-20-6-7-23-24(13-20)34-12-11-33-23)26(31)25-18-28(9-10-32-25)17-21-14-22-5-3-4-8-30(22)27-21/h3-8,13-14,19,25H,9-12,15-18H2,1-2H3. The summed E-state index contributed by atoms with van der Waals surface area (Å²) in [5.41, 5.74) is 3.09. The number of nitrogens with zero attached hydrogens (tertiary/aromatic N) is 4. The molecule has 1 saturated heterocycles. The molecule has 2 aliphatic rings. The first-order chi connectivity index (χ1) is 16.5. The van der Waals surface area contributed by atoms with Crippen LogP contribution in [-0.2, 0) is 22.6 Å². The Labute approximate surface area is 200 Å². The van der Waals surface area contributed by atoms with Gasteiger partial charge in [-0.05, 0) is 41.8 Å². The van der Waals surface area contributed by atoms with E-state index >= 15 is 0 Å². The third kappa shape index (κ3) is 5.18. The van der Waals surface area contributed by atoms with E-state index in [0.717, 1.165) is 34.8 Å². The smallest absolute Gasteiger partial charge is 0.253 e. The van der Waals surface area contributed by atoms with Gasteiger partial charge in [-0.25, -0.2) is 4.52 Å². The summed E-state index contributed by atoms with van der Waals surface area (Å²) in [7, 11) is 0. The van der Waals surface area contributed by atoms with E-state index in [0.29, 0.717) is 51.9 Å². The molecule has 0 N–H and O–H groups in total. The van der Waals surface area contributed by atoms with Gasteiger partial charge in [-0.3, -0.25) is 9.69 Å². The van der Waals surface area contributed by atoms with Gasteiger partial charge in [0.15, 0.2) is 11.5 Å². The fourth-order valence-corrected chi connectivity index (χ4v) is 4.58. The largest absolute Gasteiger partial charge is 0.486 e. The van der Waals surface area contributed by atoms with Crippen LogP contribution in [0.15, 0.2) is 48.7 Å². The number of rotatable bonds is 7. The third-order valence-electron chi connectivity index (χ3n) is 6.11. The van der Waals surface area contributed by atoms with Crippen LogP contribution in [-0.4, -0.2) is 70.9 Å². The predicted octanol–water partition coefficient (Wildman–Crippen LogP) is 2.99. The van der Waals surface area contributed by atoms with Crippen LogP contribution in [0.2, 0.25) is 0 Å². The van der Waals surface area contributed by atoms with Gasteiger partial charge in [-0.15, -0.1) is 0 Å². The van der Waals surface area contributed by atoms with Crippen LogP contribution in [0.3, 0.4) is 0 Å². The van der Waals surface area contributed by atoms with E-state index in [1.807, 2.05) is 52.0 Å². The number of ether oxygens (including phenoxy) is 3. The maximum Gasteiger partial charge on any atom is 0.253 e. The molecule has 0 bridgehead atoms. The molecule has 180 valence electrons. The van der Waals surface area contributed by atoms with Crippen LogP contribution in [0, 0.1) is 5.92 Å². The molecule has 1 fully saturated rings. The molecule has 0 saturated carbocycles. The van der Waals surface area contributed by atoms with Crippen molar-refractivity contribution < 1.29 is 19.0 Å². The number of morpholine rings is 1. The summed E-state index contributed by atoms with van der Waals surface area (Å²) in [4.78, 5) is 17.7. The van der Waals surface area contributed by atoms with Crippen LogP contribution in [0.25, 0.3) is 5.52 Å². The highest BCUT2D eigenvalue weighted by atomic mass is 16.6. The number of pyridine rings is 1. The fourth-order valence-electron chi connectivity index (χ4n) is 4.58. The van der Waals surface area contributed by atoms with Gasteiger partial charge in [-0.2, -0.15) is 5.10 Å². The lowest BCUT2D eigenvalue weighted by atomic mass is 10.1. The highest BCUT2D eigenvalue weighted by Gasteiger charge is 2.31. The normalized spacial score (nSPS) is 18.4. The lowest BCUT2D eigenvalue weighted by Gasteiger charge is -2.35. The minimum atomic E-state index is -0.484. The Balaban J connectivity index is 1.26. The van der Waals surface area contributed by atoms with Crippen LogP contribution in [0.1, 0.15) is 25.1 Å². The number of hydrogen-bond acceptors (Lipinski definition) is 6. The van der Waals surface area contributed by atoms with Gasteiger partial charge in [0.1, 0.15) is 19.3 Å². The molecular formula is C26H32N4O4. The molecule has 5 rings (SSSR count). The second kappa shape index (κ2) is 10.0. The Morgan fingerprint density at radius 1 is 1.12 bits per heavy atom. The minimum Gasteiger partial charge on any atom is -0.486 e. The first-order valence-electron chi connectivity index (χ1n) is 12.0. The van der Waals surface area contributed by atoms with Crippen molar-refractivity contribution in [2.75, 3.05) is 39.5 Å². The predicted molar refractivity (Wildman–Crippen MR) is 128 cm³/mol. The van der Waals surface area contributed by atoms with Gasteiger partial charge >= 0.3 is 0 Å². The minimum absolute atomic E-state index is 0.0308. The van der Waals surface area contributed by atoms with Crippen molar-refractivity contribution in [1.29, 1.82) is 0 Å². The summed E-state index contributed by atoms with van der Waals surface area (Å²) in [6.07, 6.45) is 1.47. The maximum atomic E-state index is 13.6. The van der Waals surface area contributed by atoms with E-state index in [1.54, 1.807) is 0 Å². The zero-order valence-corrected chi connectivity index (χ0v) is 19.9. The lowest BCUT2D eigenvalue weighted by Crippen LogP contribution is -2.51.